The molecule has 1 saturated heterocycles. The normalized spacial score (nSPS) is 16.2. The lowest BCUT2D eigenvalue weighted by Gasteiger charge is -2.27. The fourth-order valence-corrected chi connectivity index (χ4v) is 3.66. The van der Waals surface area contributed by atoms with E-state index in [0.717, 1.165) is 30.8 Å². The Hall–Kier alpha value is -1.26. The number of nitrogens with zero attached hydrogens (tertiary/aromatic N) is 2. The predicted octanol–water partition coefficient (Wildman–Crippen LogP) is 3.61. The molecule has 0 radical (unpaired) electrons. The van der Waals surface area contributed by atoms with Gasteiger partial charge in [0, 0.05) is 48.6 Å². The van der Waals surface area contributed by atoms with Crippen molar-refractivity contribution in [3.63, 3.8) is 0 Å². The molecular weight excluding hydrogens is 278 g/mol. The second-order valence-corrected chi connectivity index (χ2v) is 6.73. The molecule has 2 aromatic rings. The van der Waals surface area contributed by atoms with Crippen LogP contribution < -0.4 is 5.32 Å². The number of anilines is 1. The van der Waals surface area contributed by atoms with E-state index in [0.29, 0.717) is 0 Å². The van der Waals surface area contributed by atoms with Crippen LogP contribution in [0.3, 0.4) is 0 Å². The molecule has 112 valence electrons. The smallest absolute Gasteiger partial charge is 0.131 e. The molecule has 1 aliphatic rings. The van der Waals surface area contributed by atoms with Crippen molar-refractivity contribution in [1.29, 1.82) is 0 Å². The topological polar surface area (TPSA) is 28.2 Å². The Balaban J connectivity index is 1.88. The maximum Gasteiger partial charge on any atom is 0.131 e. The summed E-state index contributed by atoms with van der Waals surface area (Å²) >= 11 is 2.06. The summed E-state index contributed by atoms with van der Waals surface area (Å²) in [5, 5.41) is 4.74. The van der Waals surface area contributed by atoms with Gasteiger partial charge in [-0.3, -0.25) is 4.90 Å². The molecular formula is C17H23N3S. The number of fused-ring (bicyclic) bond motifs is 1. The van der Waals surface area contributed by atoms with Crippen LogP contribution in [0.25, 0.3) is 10.9 Å². The third kappa shape index (κ3) is 3.69. The molecule has 3 nitrogen and oxygen atoms in total. The van der Waals surface area contributed by atoms with Crippen molar-refractivity contribution in [2.24, 2.45) is 0 Å². The maximum absolute atomic E-state index is 4.84. The van der Waals surface area contributed by atoms with E-state index in [1.54, 1.807) is 0 Å². The van der Waals surface area contributed by atoms with Gasteiger partial charge in [-0.05, 0) is 18.6 Å². The number of rotatable bonds is 5. The molecule has 0 aliphatic carbocycles. The van der Waals surface area contributed by atoms with Gasteiger partial charge in [-0.1, -0.05) is 25.1 Å². The van der Waals surface area contributed by atoms with Crippen LogP contribution >= 0.6 is 11.8 Å². The van der Waals surface area contributed by atoms with Gasteiger partial charge in [0.1, 0.15) is 5.82 Å². The van der Waals surface area contributed by atoms with E-state index >= 15 is 0 Å². The van der Waals surface area contributed by atoms with Crippen molar-refractivity contribution in [2.75, 3.05) is 36.5 Å². The average molecular weight is 301 g/mol. The number of benzene rings is 1. The summed E-state index contributed by atoms with van der Waals surface area (Å²) in [5.74, 6) is 3.56. The Bertz CT molecular complexity index is 594. The SMILES string of the molecule is CCCNc1nc2ccccc2cc1CN1CCSCC1. The van der Waals surface area contributed by atoms with Gasteiger partial charge < -0.3 is 5.32 Å². The van der Waals surface area contributed by atoms with Crippen LogP contribution in [0.1, 0.15) is 18.9 Å². The van der Waals surface area contributed by atoms with Crippen LogP contribution in [0.5, 0.6) is 0 Å². The minimum atomic E-state index is 0.980. The first-order valence-corrected chi connectivity index (χ1v) is 8.95. The highest BCUT2D eigenvalue weighted by atomic mass is 32.2. The lowest BCUT2D eigenvalue weighted by molar-refractivity contribution is 0.295. The second kappa shape index (κ2) is 7.14. The Morgan fingerprint density at radius 1 is 1.24 bits per heavy atom. The molecule has 21 heavy (non-hydrogen) atoms. The summed E-state index contributed by atoms with van der Waals surface area (Å²) in [6.07, 6.45) is 1.12. The molecule has 0 bridgehead atoms. The summed E-state index contributed by atoms with van der Waals surface area (Å²) in [6.45, 7) is 6.55. The van der Waals surface area contributed by atoms with Crippen LogP contribution in [0, 0.1) is 0 Å². The van der Waals surface area contributed by atoms with Crippen LogP contribution in [-0.4, -0.2) is 41.0 Å². The predicted molar refractivity (Wildman–Crippen MR) is 93.1 cm³/mol. The molecule has 0 saturated carbocycles. The van der Waals surface area contributed by atoms with Crippen LogP contribution in [0.15, 0.2) is 30.3 Å². The third-order valence-corrected chi connectivity index (χ3v) is 4.79. The van der Waals surface area contributed by atoms with Crippen molar-refractivity contribution in [3.8, 4) is 0 Å². The quantitative estimate of drug-likeness (QED) is 0.913. The Labute approximate surface area is 131 Å². The first-order chi connectivity index (χ1) is 10.4. The molecule has 0 spiro atoms. The molecule has 0 amide bonds. The molecule has 0 unspecified atom stereocenters. The maximum atomic E-state index is 4.84. The van der Waals surface area contributed by atoms with Gasteiger partial charge in [0.05, 0.1) is 5.52 Å². The second-order valence-electron chi connectivity index (χ2n) is 5.50. The van der Waals surface area contributed by atoms with Gasteiger partial charge in [0.2, 0.25) is 0 Å². The number of para-hydroxylation sites is 1. The molecule has 3 rings (SSSR count). The van der Waals surface area contributed by atoms with E-state index < -0.39 is 0 Å². The lowest BCUT2D eigenvalue weighted by Crippen LogP contribution is -2.32. The zero-order chi connectivity index (χ0) is 14.5. The summed E-state index contributed by atoms with van der Waals surface area (Å²) in [7, 11) is 0. The zero-order valence-corrected chi connectivity index (χ0v) is 13.5. The van der Waals surface area contributed by atoms with E-state index in [2.05, 4.69) is 59.2 Å². The number of hydrogen-bond donors (Lipinski definition) is 1. The molecule has 4 heteroatoms. The van der Waals surface area contributed by atoms with Gasteiger partial charge >= 0.3 is 0 Å². The van der Waals surface area contributed by atoms with Crippen molar-refractivity contribution >= 4 is 28.5 Å². The van der Waals surface area contributed by atoms with E-state index in [4.69, 9.17) is 4.98 Å². The molecule has 2 heterocycles. The van der Waals surface area contributed by atoms with E-state index in [9.17, 15) is 0 Å². The largest absolute Gasteiger partial charge is 0.370 e. The monoisotopic (exact) mass is 301 g/mol. The molecule has 1 aliphatic heterocycles. The van der Waals surface area contributed by atoms with Gasteiger partial charge in [-0.15, -0.1) is 0 Å². The summed E-state index contributed by atoms with van der Waals surface area (Å²) < 4.78 is 0. The number of thioether (sulfide) groups is 1. The fourth-order valence-electron chi connectivity index (χ4n) is 2.68. The van der Waals surface area contributed by atoms with Crippen LogP contribution in [0.2, 0.25) is 0 Å². The standard InChI is InChI=1S/C17H23N3S/c1-2-7-18-17-15(13-20-8-10-21-11-9-20)12-14-5-3-4-6-16(14)19-17/h3-6,12H,2,7-11,13H2,1H3,(H,18,19). The fraction of sp³-hybridized carbons (Fsp3) is 0.471. The molecule has 1 aromatic heterocycles. The Morgan fingerprint density at radius 2 is 2.05 bits per heavy atom. The van der Waals surface area contributed by atoms with Crippen LogP contribution in [-0.2, 0) is 6.54 Å². The van der Waals surface area contributed by atoms with Crippen molar-refractivity contribution < 1.29 is 0 Å². The third-order valence-electron chi connectivity index (χ3n) is 3.84. The number of aromatic nitrogens is 1. The van der Waals surface area contributed by atoms with Gasteiger partial charge in [0.15, 0.2) is 0 Å². The number of pyridine rings is 1. The van der Waals surface area contributed by atoms with Crippen molar-refractivity contribution in [3.05, 3.63) is 35.9 Å². The highest BCUT2D eigenvalue weighted by molar-refractivity contribution is 7.99. The number of nitrogens with one attached hydrogen (secondary N) is 1. The average Bonchev–Trinajstić information content (AvgIpc) is 2.54. The molecule has 0 atom stereocenters. The Morgan fingerprint density at radius 3 is 2.86 bits per heavy atom. The Kier molecular flexibility index (Phi) is 4.99. The first kappa shape index (κ1) is 14.7. The molecule has 1 N–H and O–H groups in total. The zero-order valence-electron chi connectivity index (χ0n) is 12.6. The van der Waals surface area contributed by atoms with Gasteiger partial charge in [0.25, 0.3) is 0 Å². The van der Waals surface area contributed by atoms with E-state index in [-0.39, 0.29) is 0 Å². The minimum Gasteiger partial charge on any atom is -0.370 e. The highest BCUT2D eigenvalue weighted by Crippen LogP contribution is 2.23. The summed E-state index contributed by atoms with van der Waals surface area (Å²) in [6, 6.07) is 10.7. The van der Waals surface area contributed by atoms with E-state index in [1.165, 1.54) is 35.5 Å². The summed E-state index contributed by atoms with van der Waals surface area (Å²) in [4.78, 5) is 7.38. The summed E-state index contributed by atoms with van der Waals surface area (Å²) in [5.41, 5.74) is 2.41. The molecule has 1 fully saturated rings. The van der Waals surface area contributed by atoms with Gasteiger partial charge in [-0.25, -0.2) is 4.98 Å². The van der Waals surface area contributed by atoms with E-state index in [1.807, 2.05) is 0 Å². The molecule has 1 aromatic carbocycles. The van der Waals surface area contributed by atoms with Crippen LogP contribution in [0.4, 0.5) is 5.82 Å². The lowest BCUT2D eigenvalue weighted by atomic mass is 10.1. The highest BCUT2D eigenvalue weighted by Gasteiger charge is 2.14. The van der Waals surface area contributed by atoms with Crippen molar-refractivity contribution in [1.82, 2.24) is 9.88 Å². The minimum absolute atomic E-state index is 0.980. The van der Waals surface area contributed by atoms with Crippen molar-refractivity contribution in [2.45, 2.75) is 19.9 Å². The first-order valence-electron chi connectivity index (χ1n) is 7.79. The number of hydrogen-bond acceptors (Lipinski definition) is 4. The van der Waals surface area contributed by atoms with Gasteiger partial charge in [-0.2, -0.15) is 11.8 Å².